The Morgan fingerprint density at radius 2 is 2.25 bits per heavy atom. The number of nitrogens with zero attached hydrogens (tertiary/aromatic N) is 3. The van der Waals surface area contributed by atoms with Crippen LogP contribution in [0.25, 0.3) is 22.7 Å². The van der Waals surface area contributed by atoms with Gasteiger partial charge in [0.15, 0.2) is 5.58 Å². The summed E-state index contributed by atoms with van der Waals surface area (Å²) in [6.45, 7) is 1.83. The highest BCUT2D eigenvalue weighted by molar-refractivity contribution is 5.77. The van der Waals surface area contributed by atoms with Crippen molar-refractivity contribution in [2.24, 2.45) is 7.05 Å². The first-order chi connectivity index (χ1) is 11.4. The van der Waals surface area contributed by atoms with Gasteiger partial charge in [0, 0.05) is 19.2 Å². The molecule has 0 fully saturated rings. The number of nitrogens with one attached hydrogen (secondary N) is 1. The standard InChI is InChI=1S/C15H16N4O5/c1-8(16-15(21)22)7-23-13-6-11(19(2)18-13)14-17-10-4-3-9(20)5-12(10)24-14/h3-6,8,16,20H,7H2,1-2H3,(H,21,22)/t8-/m0/s1. The van der Waals surface area contributed by atoms with Crippen LogP contribution < -0.4 is 10.1 Å². The Balaban J connectivity index is 1.78. The van der Waals surface area contributed by atoms with Gasteiger partial charge in [-0.15, -0.1) is 5.10 Å². The number of aromatic hydroxyl groups is 1. The summed E-state index contributed by atoms with van der Waals surface area (Å²) in [6.07, 6.45) is -1.11. The van der Waals surface area contributed by atoms with Gasteiger partial charge >= 0.3 is 6.09 Å². The molecule has 0 aliphatic carbocycles. The van der Waals surface area contributed by atoms with Crippen LogP contribution in [0.2, 0.25) is 0 Å². The Bertz CT molecular complexity index is 885. The van der Waals surface area contributed by atoms with E-state index in [1.165, 1.54) is 12.1 Å². The molecule has 1 atom stereocenters. The average molecular weight is 332 g/mol. The molecule has 126 valence electrons. The van der Waals surface area contributed by atoms with Gasteiger partial charge in [-0.25, -0.2) is 9.78 Å². The second-order valence-electron chi connectivity index (χ2n) is 5.32. The summed E-state index contributed by atoms with van der Waals surface area (Å²) in [5.41, 5.74) is 1.68. The Kier molecular flexibility index (Phi) is 3.98. The molecule has 2 aromatic heterocycles. The van der Waals surface area contributed by atoms with E-state index in [0.29, 0.717) is 28.6 Å². The Hall–Kier alpha value is -3.23. The molecule has 9 nitrogen and oxygen atoms in total. The summed E-state index contributed by atoms with van der Waals surface area (Å²) >= 11 is 0. The summed E-state index contributed by atoms with van der Waals surface area (Å²) in [6, 6.07) is 5.95. The third kappa shape index (κ3) is 3.24. The lowest BCUT2D eigenvalue weighted by Crippen LogP contribution is -2.35. The fourth-order valence-corrected chi connectivity index (χ4v) is 2.20. The highest BCUT2D eigenvalue weighted by atomic mass is 16.5. The number of hydrogen-bond acceptors (Lipinski definition) is 6. The minimum atomic E-state index is -1.11. The van der Waals surface area contributed by atoms with E-state index < -0.39 is 6.09 Å². The van der Waals surface area contributed by atoms with Crippen LogP contribution in [0.1, 0.15) is 6.92 Å². The van der Waals surface area contributed by atoms with Crippen molar-refractivity contribution < 1.29 is 24.2 Å². The number of fused-ring (bicyclic) bond motifs is 1. The maximum Gasteiger partial charge on any atom is 0.404 e. The van der Waals surface area contributed by atoms with Gasteiger partial charge in [-0.1, -0.05) is 0 Å². The minimum absolute atomic E-state index is 0.0964. The molecule has 0 saturated heterocycles. The second kappa shape index (κ2) is 6.11. The van der Waals surface area contributed by atoms with E-state index in [2.05, 4.69) is 15.4 Å². The number of hydrogen-bond donors (Lipinski definition) is 3. The van der Waals surface area contributed by atoms with Gasteiger partial charge in [-0.2, -0.15) is 0 Å². The van der Waals surface area contributed by atoms with E-state index in [9.17, 15) is 9.90 Å². The smallest absolute Gasteiger partial charge is 0.404 e. The molecule has 3 rings (SSSR count). The Morgan fingerprint density at radius 1 is 1.46 bits per heavy atom. The molecule has 24 heavy (non-hydrogen) atoms. The normalized spacial score (nSPS) is 12.2. The summed E-state index contributed by atoms with van der Waals surface area (Å²) in [5.74, 6) is 0.771. The van der Waals surface area contributed by atoms with Crippen molar-refractivity contribution in [2.75, 3.05) is 6.61 Å². The fraction of sp³-hybridized carbons (Fsp3) is 0.267. The lowest BCUT2D eigenvalue weighted by molar-refractivity contribution is 0.182. The number of carbonyl (C=O) groups is 1. The maximum atomic E-state index is 10.5. The molecule has 0 saturated carbocycles. The predicted octanol–water partition coefficient (Wildman–Crippen LogP) is 1.97. The number of amides is 1. The average Bonchev–Trinajstić information content (AvgIpc) is 3.07. The fourth-order valence-electron chi connectivity index (χ4n) is 2.20. The zero-order valence-corrected chi connectivity index (χ0v) is 13.1. The summed E-state index contributed by atoms with van der Waals surface area (Å²) in [5, 5.41) is 24.6. The van der Waals surface area contributed by atoms with Crippen molar-refractivity contribution in [3.8, 4) is 23.2 Å². The van der Waals surface area contributed by atoms with Crippen molar-refractivity contribution in [2.45, 2.75) is 13.0 Å². The predicted molar refractivity (Wildman–Crippen MR) is 84.0 cm³/mol. The monoisotopic (exact) mass is 332 g/mol. The lowest BCUT2D eigenvalue weighted by Gasteiger charge is -2.10. The Morgan fingerprint density at radius 3 is 3.00 bits per heavy atom. The number of aromatic nitrogens is 3. The molecule has 9 heteroatoms. The zero-order chi connectivity index (χ0) is 17.3. The van der Waals surface area contributed by atoms with Crippen LogP contribution in [-0.2, 0) is 7.05 Å². The third-order valence-corrected chi connectivity index (χ3v) is 3.30. The quantitative estimate of drug-likeness (QED) is 0.652. The largest absolute Gasteiger partial charge is 0.508 e. The van der Waals surface area contributed by atoms with E-state index in [1.54, 1.807) is 30.8 Å². The van der Waals surface area contributed by atoms with Crippen LogP contribution in [0.4, 0.5) is 4.79 Å². The van der Waals surface area contributed by atoms with Gasteiger partial charge < -0.3 is 24.7 Å². The van der Waals surface area contributed by atoms with Crippen LogP contribution >= 0.6 is 0 Å². The second-order valence-corrected chi connectivity index (χ2v) is 5.32. The van der Waals surface area contributed by atoms with Crippen molar-refractivity contribution in [1.29, 1.82) is 0 Å². The van der Waals surface area contributed by atoms with Crippen molar-refractivity contribution in [1.82, 2.24) is 20.1 Å². The first-order valence-corrected chi connectivity index (χ1v) is 7.18. The summed E-state index contributed by atoms with van der Waals surface area (Å²) in [4.78, 5) is 14.9. The molecule has 1 aromatic carbocycles. The van der Waals surface area contributed by atoms with E-state index in [1.807, 2.05) is 0 Å². The number of benzene rings is 1. The maximum absolute atomic E-state index is 10.5. The van der Waals surface area contributed by atoms with Gasteiger partial charge in [0.05, 0.1) is 6.04 Å². The first kappa shape index (κ1) is 15.7. The van der Waals surface area contributed by atoms with E-state index in [0.717, 1.165) is 0 Å². The van der Waals surface area contributed by atoms with E-state index in [4.69, 9.17) is 14.3 Å². The molecule has 0 spiro atoms. The van der Waals surface area contributed by atoms with E-state index >= 15 is 0 Å². The molecule has 3 N–H and O–H groups in total. The number of rotatable bonds is 5. The molecular weight excluding hydrogens is 316 g/mol. The molecule has 3 aromatic rings. The van der Waals surface area contributed by atoms with Crippen LogP contribution in [0.15, 0.2) is 28.7 Å². The van der Waals surface area contributed by atoms with Crippen molar-refractivity contribution >= 4 is 17.2 Å². The minimum Gasteiger partial charge on any atom is -0.508 e. The number of carboxylic acid groups (broad SMARTS) is 1. The van der Waals surface area contributed by atoms with Gasteiger partial charge in [0.1, 0.15) is 23.6 Å². The molecule has 0 aliphatic heterocycles. The molecule has 0 radical (unpaired) electrons. The van der Waals surface area contributed by atoms with Crippen LogP contribution in [-0.4, -0.2) is 43.7 Å². The molecular formula is C15H16N4O5. The van der Waals surface area contributed by atoms with Gasteiger partial charge in [0.2, 0.25) is 11.8 Å². The molecule has 0 unspecified atom stereocenters. The van der Waals surface area contributed by atoms with Crippen molar-refractivity contribution in [3.63, 3.8) is 0 Å². The lowest BCUT2D eigenvalue weighted by atomic mass is 10.3. The first-order valence-electron chi connectivity index (χ1n) is 7.18. The van der Waals surface area contributed by atoms with Crippen LogP contribution in [0.5, 0.6) is 11.6 Å². The number of ether oxygens (including phenoxy) is 1. The Labute approximate surface area is 136 Å². The molecule has 0 bridgehead atoms. The van der Waals surface area contributed by atoms with Gasteiger partial charge in [-0.3, -0.25) is 4.68 Å². The number of phenols is 1. The van der Waals surface area contributed by atoms with Crippen LogP contribution in [0.3, 0.4) is 0 Å². The third-order valence-electron chi connectivity index (χ3n) is 3.30. The zero-order valence-electron chi connectivity index (χ0n) is 13.1. The number of oxazole rings is 1. The topological polar surface area (TPSA) is 123 Å². The number of aryl methyl sites for hydroxylation is 1. The number of phenolic OH excluding ortho intramolecular Hbond substituents is 1. The van der Waals surface area contributed by atoms with Gasteiger partial charge in [-0.05, 0) is 19.1 Å². The van der Waals surface area contributed by atoms with Gasteiger partial charge in [0.25, 0.3) is 0 Å². The van der Waals surface area contributed by atoms with E-state index in [-0.39, 0.29) is 18.4 Å². The van der Waals surface area contributed by atoms with Crippen LogP contribution in [0, 0.1) is 0 Å². The summed E-state index contributed by atoms with van der Waals surface area (Å²) < 4.78 is 12.7. The SMILES string of the molecule is C[C@@H](COc1cc(-c2nc3ccc(O)cc3o2)n(C)n1)NC(=O)O. The summed E-state index contributed by atoms with van der Waals surface area (Å²) in [7, 11) is 1.72. The molecule has 1 amide bonds. The van der Waals surface area contributed by atoms with Crippen molar-refractivity contribution in [3.05, 3.63) is 24.3 Å². The molecule has 2 heterocycles. The molecule has 0 aliphatic rings. The highest BCUT2D eigenvalue weighted by Gasteiger charge is 2.16. The highest BCUT2D eigenvalue weighted by Crippen LogP contribution is 2.28.